The van der Waals surface area contributed by atoms with Crippen molar-refractivity contribution in [2.45, 2.75) is 0 Å². The van der Waals surface area contributed by atoms with E-state index in [1.807, 2.05) is 12.1 Å². The van der Waals surface area contributed by atoms with Crippen molar-refractivity contribution in [3.63, 3.8) is 0 Å². The van der Waals surface area contributed by atoms with Gasteiger partial charge in [-0.05, 0) is 59.7 Å². The molecule has 0 aliphatic rings. The highest BCUT2D eigenvalue weighted by atomic mass is 16.5. The van der Waals surface area contributed by atoms with Crippen LogP contribution in [-0.2, 0) is 0 Å². The molecule has 3 aromatic carbocycles. The summed E-state index contributed by atoms with van der Waals surface area (Å²) in [4.78, 5) is 12.4. The second kappa shape index (κ2) is 6.97. The lowest BCUT2D eigenvalue weighted by atomic mass is 10.0. The first kappa shape index (κ1) is 16.4. The van der Waals surface area contributed by atoms with Crippen molar-refractivity contribution in [3.05, 3.63) is 72.3 Å². The van der Waals surface area contributed by atoms with Gasteiger partial charge in [-0.2, -0.15) is 0 Å². The first-order valence-corrected chi connectivity index (χ1v) is 7.71. The van der Waals surface area contributed by atoms with Crippen LogP contribution in [0.15, 0.2) is 66.7 Å². The molecule has 0 saturated carbocycles. The maximum Gasteiger partial charge on any atom is 0.255 e. The number of benzene rings is 3. The Bertz CT molecular complexity index is 888. The van der Waals surface area contributed by atoms with Gasteiger partial charge in [0.15, 0.2) is 0 Å². The van der Waals surface area contributed by atoms with E-state index < -0.39 is 0 Å². The Hall–Kier alpha value is -3.47. The molecule has 0 bridgehead atoms. The highest BCUT2D eigenvalue weighted by molar-refractivity contribution is 6.06. The van der Waals surface area contributed by atoms with Crippen LogP contribution in [0, 0.1) is 0 Å². The van der Waals surface area contributed by atoms with Crippen molar-refractivity contribution >= 4 is 17.3 Å². The smallest absolute Gasteiger partial charge is 0.255 e. The summed E-state index contributed by atoms with van der Waals surface area (Å²) in [5, 5.41) is 12.2. The molecule has 0 unspecified atom stereocenters. The molecule has 4 N–H and O–H groups in total. The Morgan fingerprint density at radius 3 is 2.24 bits per heavy atom. The zero-order valence-corrected chi connectivity index (χ0v) is 13.7. The van der Waals surface area contributed by atoms with Gasteiger partial charge in [-0.3, -0.25) is 4.79 Å². The molecule has 0 radical (unpaired) electrons. The van der Waals surface area contributed by atoms with Crippen LogP contribution < -0.4 is 15.8 Å². The number of hydrogen-bond acceptors (Lipinski definition) is 4. The maximum atomic E-state index is 12.4. The highest BCUT2D eigenvalue weighted by Crippen LogP contribution is 2.28. The zero-order valence-electron chi connectivity index (χ0n) is 13.7. The van der Waals surface area contributed by atoms with Crippen LogP contribution in [0.4, 0.5) is 11.4 Å². The number of ether oxygens (including phenoxy) is 1. The molecule has 0 fully saturated rings. The van der Waals surface area contributed by atoms with Crippen LogP contribution in [0.1, 0.15) is 10.4 Å². The van der Waals surface area contributed by atoms with E-state index in [1.165, 1.54) is 0 Å². The Labute approximate surface area is 145 Å². The van der Waals surface area contributed by atoms with Crippen LogP contribution in [0.3, 0.4) is 0 Å². The predicted molar refractivity (Wildman–Crippen MR) is 98.9 cm³/mol. The summed E-state index contributed by atoms with van der Waals surface area (Å²) in [7, 11) is 1.57. The predicted octanol–water partition coefficient (Wildman–Crippen LogP) is 3.90. The van der Waals surface area contributed by atoms with Crippen molar-refractivity contribution in [3.8, 4) is 22.6 Å². The molecule has 0 spiro atoms. The molecular formula is C20H18N2O3. The minimum atomic E-state index is -0.253. The Kier molecular flexibility index (Phi) is 4.57. The topological polar surface area (TPSA) is 84.6 Å². The van der Waals surface area contributed by atoms with Gasteiger partial charge in [0.25, 0.3) is 5.91 Å². The van der Waals surface area contributed by atoms with Gasteiger partial charge in [0.2, 0.25) is 0 Å². The number of amides is 1. The SMILES string of the molecule is COc1ccc(C(=O)Nc2cc(-c3ccc(O)cc3)ccc2N)cc1. The summed E-state index contributed by atoms with van der Waals surface area (Å²) in [6.07, 6.45) is 0. The monoisotopic (exact) mass is 334 g/mol. The number of rotatable bonds is 4. The van der Waals surface area contributed by atoms with E-state index >= 15 is 0 Å². The summed E-state index contributed by atoms with van der Waals surface area (Å²) in [5.74, 6) is 0.634. The van der Waals surface area contributed by atoms with E-state index in [0.717, 1.165) is 11.1 Å². The number of nitrogen functional groups attached to an aromatic ring is 1. The first-order chi connectivity index (χ1) is 12.1. The molecule has 1 amide bonds. The molecule has 0 aliphatic heterocycles. The molecule has 25 heavy (non-hydrogen) atoms. The molecule has 126 valence electrons. The lowest BCUT2D eigenvalue weighted by molar-refractivity contribution is 0.102. The van der Waals surface area contributed by atoms with Gasteiger partial charge < -0.3 is 20.9 Å². The minimum Gasteiger partial charge on any atom is -0.508 e. The second-order valence-corrected chi connectivity index (χ2v) is 5.53. The summed E-state index contributed by atoms with van der Waals surface area (Å²) in [6.45, 7) is 0. The van der Waals surface area contributed by atoms with Crippen molar-refractivity contribution in [1.82, 2.24) is 0 Å². The number of phenolic OH excluding ortho intramolecular Hbond substituents is 1. The van der Waals surface area contributed by atoms with Crippen LogP contribution in [0.2, 0.25) is 0 Å². The van der Waals surface area contributed by atoms with E-state index in [0.29, 0.717) is 22.7 Å². The van der Waals surface area contributed by atoms with Gasteiger partial charge in [-0.15, -0.1) is 0 Å². The van der Waals surface area contributed by atoms with Crippen LogP contribution in [0.5, 0.6) is 11.5 Å². The first-order valence-electron chi connectivity index (χ1n) is 7.71. The van der Waals surface area contributed by atoms with Gasteiger partial charge in [0.1, 0.15) is 11.5 Å². The number of nitrogens with two attached hydrogens (primary N) is 1. The zero-order chi connectivity index (χ0) is 17.8. The number of carbonyl (C=O) groups is 1. The third-order valence-corrected chi connectivity index (χ3v) is 3.85. The van der Waals surface area contributed by atoms with Crippen LogP contribution >= 0.6 is 0 Å². The van der Waals surface area contributed by atoms with Gasteiger partial charge in [0, 0.05) is 5.56 Å². The van der Waals surface area contributed by atoms with E-state index in [9.17, 15) is 9.90 Å². The number of anilines is 2. The second-order valence-electron chi connectivity index (χ2n) is 5.53. The van der Waals surface area contributed by atoms with Crippen LogP contribution in [0.25, 0.3) is 11.1 Å². The fourth-order valence-electron chi connectivity index (χ4n) is 2.43. The lowest BCUT2D eigenvalue weighted by Crippen LogP contribution is -2.13. The van der Waals surface area contributed by atoms with E-state index in [2.05, 4.69) is 5.32 Å². The lowest BCUT2D eigenvalue weighted by Gasteiger charge is -2.11. The third-order valence-electron chi connectivity index (χ3n) is 3.85. The van der Waals surface area contributed by atoms with Crippen molar-refractivity contribution in [1.29, 1.82) is 0 Å². The quantitative estimate of drug-likeness (QED) is 0.632. The van der Waals surface area contributed by atoms with Crippen molar-refractivity contribution in [2.24, 2.45) is 0 Å². The normalized spacial score (nSPS) is 10.3. The van der Waals surface area contributed by atoms with Gasteiger partial charge in [-0.25, -0.2) is 0 Å². The summed E-state index contributed by atoms with van der Waals surface area (Å²) in [5.41, 5.74) is 9.31. The summed E-state index contributed by atoms with van der Waals surface area (Å²) >= 11 is 0. The van der Waals surface area contributed by atoms with Gasteiger partial charge >= 0.3 is 0 Å². The Balaban J connectivity index is 1.84. The van der Waals surface area contributed by atoms with Crippen molar-refractivity contribution < 1.29 is 14.6 Å². The minimum absolute atomic E-state index is 0.201. The summed E-state index contributed by atoms with van der Waals surface area (Å²) in [6, 6.07) is 19.1. The number of phenols is 1. The number of hydrogen-bond donors (Lipinski definition) is 3. The Morgan fingerprint density at radius 2 is 1.60 bits per heavy atom. The number of aromatic hydroxyl groups is 1. The average molecular weight is 334 g/mol. The Morgan fingerprint density at radius 1 is 0.960 bits per heavy atom. The average Bonchev–Trinajstić information content (AvgIpc) is 2.64. The summed E-state index contributed by atoms with van der Waals surface area (Å²) < 4.78 is 5.09. The maximum absolute atomic E-state index is 12.4. The van der Waals surface area contributed by atoms with Gasteiger partial charge in [0.05, 0.1) is 18.5 Å². The molecular weight excluding hydrogens is 316 g/mol. The molecule has 0 atom stereocenters. The molecule has 3 aromatic rings. The molecule has 5 nitrogen and oxygen atoms in total. The fourth-order valence-corrected chi connectivity index (χ4v) is 2.43. The molecule has 0 aromatic heterocycles. The van der Waals surface area contributed by atoms with Crippen LogP contribution in [-0.4, -0.2) is 18.1 Å². The van der Waals surface area contributed by atoms with E-state index in [1.54, 1.807) is 61.7 Å². The molecule has 0 aliphatic carbocycles. The highest BCUT2D eigenvalue weighted by Gasteiger charge is 2.10. The molecule has 5 heteroatoms. The largest absolute Gasteiger partial charge is 0.508 e. The standard InChI is InChI=1S/C20H18N2O3/c1-25-17-9-4-14(5-10-17)20(24)22-19-12-15(6-11-18(19)21)13-2-7-16(23)8-3-13/h2-12,23H,21H2,1H3,(H,22,24). The van der Waals surface area contributed by atoms with Gasteiger partial charge in [-0.1, -0.05) is 18.2 Å². The third kappa shape index (κ3) is 3.72. The van der Waals surface area contributed by atoms with Crippen molar-refractivity contribution in [2.75, 3.05) is 18.2 Å². The molecule has 3 rings (SSSR count). The van der Waals surface area contributed by atoms with E-state index in [4.69, 9.17) is 10.5 Å². The molecule has 0 heterocycles. The molecule has 0 saturated heterocycles. The number of nitrogens with one attached hydrogen (secondary N) is 1. The van der Waals surface area contributed by atoms with E-state index in [-0.39, 0.29) is 11.7 Å². The fraction of sp³-hybridized carbons (Fsp3) is 0.0500. The number of methoxy groups -OCH3 is 1. The number of carbonyl (C=O) groups excluding carboxylic acids is 1.